The molecule has 0 amide bonds. The second-order valence-electron chi connectivity index (χ2n) is 3.40. The third-order valence-electron chi connectivity index (χ3n) is 2.55. The van der Waals surface area contributed by atoms with E-state index < -0.39 is 0 Å². The van der Waals surface area contributed by atoms with Gasteiger partial charge in [-0.15, -0.1) is 0 Å². The van der Waals surface area contributed by atoms with Gasteiger partial charge in [0.2, 0.25) is 0 Å². The highest BCUT2D eigenvalue weighted by Crippen LogP contribution is 2.31. The quantitative estimate of drug-likeness (QED) is 0.761. The van der Waals surface area contributed by atoms with Crippen molar-refractivity contribution in [2.45, 2.75) is 25.3 Å². The zero-order valence-electron chi connectivity index (χ0n) is 7.19. The Labute approximate surface area is 91.7 Å². The number of halogens is 2. The highest BCUT2D eigenvalue weighted by Gasteiger charge is 2.18. The van der Waals surface area contributed by atoms with E-state index in [4.69, 9.17) is 11.8 Å². The predicted molar refractivity (Wildman–Crippen MR) is 58.8 cm³/mol. The van der Waals surface area contributed by atoms with Gasteiger partial charge in [0.1, 0.15) is 0 Å². The summed E-state index contributed by atoms with van der Waals surface area (Å²) in [6, 6.07) is 6.76. The fraction of sp³-hybridized carbons (Fsp3) is 0.400. The van der Waals surface area contributed by atoms with Gasteiger partial charge in [0.15, 0.2) is 0 Å². The maximum atomic E-state index is 5.70. The van der Waals surface area contributed by atoms with Gasteiger partial charge in [-0.2, -0.15) is 0 Å². The van der Waals surface area contributed by atoms with Crippen LogP contribution in [0, 0.1) is 0 Å². The molecule has 0 radical (unpaired) electrons. The van der Waals surface area contributed by atoms with E-state index in [1.165, 1.54) is 24.0 Å². The Morgan fingerprint density at radius 1 is 1.46 bits per heavy atom. The second kappa shape index (κ2) is 3.99. The lowest BCUT2D eigenvalue weighted by atomic mass is 9.88. The van der Waals surface area contributed by atoms with Gasteiger partial charge in [-0.05, 0) is 54.3 Å². The van der Waals surface area contributed by atoms with Crippen LogP contribution in [0.15, 0.2) is 22.7 Å². The molecule has 0 aliphatic heterocycles. The van der Waals surface area contributed by atoms with Crippen LogP contribution < -0.4 is 4.84 Å². The van der Waals surface area contributed by atoms with Gasteiger partial charge >= 0.3 is 0 Å². The number of benzene rings is 1. The van der Waals surface area contributed by atoms with Crippen molar-refractivity contribution in [2.24, 2.45) is 0 Å². The molecule has 0 spiro atoms. The van der Waals surface area contributed by atoms with Crippen molar-refractivity contribution in [3.63, 3.8) is 0 Å². The normalized spacial score (nSPS) is 21.2. The molecular weight excluding hydrogens is 249 g/mol. The highest BCUT2D eigenvalue weighted by atomic mass is 79.9. The molecule has 1 atom stereocenters. The zero-order chi connectivity index (χ0) is 9.26. The first kappa shape index (κ1) is 9.50. The average molecular weight is 261 g/mol. The smallest absolute Gasteiger partial charge is 0.0473 e. The number of fused-ring (bicyclic) bond motifs is 1. The van der Waals surface area contributed by atoms with Crippen LogP contribution in [0.2, 0.25) is 0 Å². The monoisotopic (exact) mass is 259 g/mol. The van der Waals surface area contributed by atoms with Crippen LogP contribution in [0.4, 0.5) is 0 Å². The molecular formula is C10H11BrClN. The van der Waals surface area contributed by atoms with Gasteiger partial charge in [-0.25, -0.2) is 4.84 Å². The average Bonchev–Trinajstić information content (AvgIpc) is 2.17. The van der Waals surface area contributed by atoms with Crippen LogP contribution in [0.1, 0.15) is 30.0 Å². The van der Waals surface area contributed by atoms with Crippen molar-refractivity contribution < 1.29 is 0 Å². The van der Waals surface area contributed by atoms with Gasteiger partial charge in [0.05, 0.1) is 0 Å². The van der Waals surface area contributed by atoms with E-state index in [1.807, 2.05) is 0 Å². The van der Waals surface area contributed by atoms with Crippen LogP contribution in [0.25, 0.3) is 0 Å². The summed E-state index contributed by atoms with van der Waals surface area (Å²) in [6.45, 7) is 0. The number of aryl methyl sites for hydroxylation is 1. The fourth-order valence-electron chi connectivity index (χ4n) is 1.88. The second-order valence-corrected chi connectivity index (χ2v) is 4.53. The molecule has 0 fully saturated rings. The molecule has 1 N–H and O–H groups in total. The SMILES string of the molecule is ClN[C@H]1CCCc2ccc(Br)cc21. The van der Waals surface area contributed by atoms with Crippen molar-refractivity contribution in [1.29, 1.82) is 0 Å². The van der Waals surface area contributed by atoms with Crippen molar-refractivity contribution >= 4 is 27.7 Å². The minimum absolute atomic E-state index is 0.322. The molecule has 0 heterocycles. The summed E-state index contributed by atoms with van der Waals surface area (Å²) in [5.74, 6) is 0. The van der Waals surface area contributed by atoms with Gasteiger partial charge in [0.25, 0.3) is 0 Å². The Kier molecular flexibility index (Phi) is 2.92. The first-order valence-corrected chi connectivity index (χ1v) is 5.63. The van der Waals surface area contributed by atoms with Crippen LogP contribution in [-0.2, 0) is 6.42 Å². The Hall–Kier alpha value is -0.0500. The van der Waals surface area contributed by atoms with Crippen molar-refractivity contribution in [2.75, 3.05) is 0 Å². The Balaban J connectivity index is 2.41. The third kappa shape index (κ3) is 1.90. The lowest BCUT2D eigenvalue weighted by Crippen LogP contribution is -2.17. The van der Waals surface area contributed by atoms with E-state index >= 15 is 0 Å². The Morgan fingerprint density at radius 3 is 3.08 bits per heavy atom. The summed E-state index contributed by atoms with van der Waals surface area (Å²) in [4.78, 5) is 2.84. The minimum Gasteiger partial charge on any atom is -0.226 e. The van der Waals surface area contributed by atoms with Crippen molar-refractivity contribution in [3.8, 4) is 0 Å². The summed E-state index contributed by atoms with van der Waals surface area (Å²) < 4.78 is 1.13. The third-order valence-corrected chi connectivity index (χ3v) is 3.31. The maximum Gasteiger partial charge on any atom is 0.0473 e. The van der Waals surface area contributed by atoms with Gasteiger partial charge in [-0.1, -0.05) is 22.0 Å². The topological polar surface area (TPSA) is 12.0 Å². The molecule has 0 saturated heterocycles. The summed E-state index contributed by atoms with van der Waals surface area (Å²) in [5.41, 5.74) is 2.77. The molecule has 0 aromatic heterocycles. The standard InChI is InChI=1S/C10H11BrClN/c11-8-5-4-7-2-1-3-10(13-12)9(7)6-8/h4-6,10,13H,1-3H2/t10-/m0/s1. The van der Waals surface area contributed by atoms with E-state index in [-0.39, 0.29) is 0 Å². The molecule has 1 aliphatic carbocycles. The molecule has 0 saturated carbocycles. The molecule has 2 rings (SSSR count). The van der Waals surface area contributed by atoms with E-state index in [2.05, 4.69) is 39.0 Å². The molecule has 0 bridgehead atoms. The van der Waals surface area contributed by atoms with Gasteiger partial charge in [0, 0.05) is 10.5 Å². The first-order valence-electron chi connectivity index (χ1n) is 4.46. The van der Waals surface area contributed by atoms with Gasteiger partial charge < -0.3 is 0 Å². The fourth-order valence-corrected chi connectivity index (χ4v) is 2.49. The van der Waals surface area contributed by atoms with Crippen LogP contribution in [0.3, 0.4) is 0 Å². The van der Waals surface area contributed by atoms with Crippen LogP contribution >= 0.6 is 27.7 Å². The number of rotatable bonds is 1. The Morgan fingerprint density at radius 2 is 2.31 bits per heavy atom. The number of hydrogen-bond donors (Lipinski definition) is 1. The van der Waals surface area contributed by atoms with Crippen LogP contribution in [0.5, 0.6) is 0 Å². The van der Waals surface area contributed by atoms with Crippen LogP contribution in [-0.4, -0.2) is 0 Å². The summed E-state index contributed by atoms with van der Waals surface area (Å²) >= 11 is 9.17. The van der Waals surface area contributed by atoms with Crippen molar-refractivity contribution in [1.82, 2.24) is 4.84 Å². The maximum absolute atomic E-state index is 5.70. The molecule has 1 aliphatic rings. The number of hydrogen-bond acceptors (Lipinski definition) is 1. The van der Waals surface area contributed by atoms with E-state index in [9.17, 15) is 0 Å². The molecule has 1 nitrogen and oxygen atoms in total. The summed E-state index contributed by atoms with van der Waals surface area (Å²) in [5, 5.41) is 0. The summed E-state index contributed by atoms with van der Waals surface area (Å²) in [7, 11) is 0. The molecule has 0 unspecified atom stereocenters. The summed E-state index contributed by atoms with van der Waals surface area (Å²) in [6.07, 6.45) is 3.53. The zero-order valence-corrected chi connectivity index (χ0v) is 9.53. The molecule has 3 heteroatoms. The molecule has 13 heavy (non-hydrogen) atoms. The molecule has 70 valence electrons. The highest BCUT2D eigenvalue weighted by molar-refractivity contribution is 9.10. The van der Waals surface area contributed by atoms with E-state index in [0.717, 1.165) is 10.9 Å². The van der Waals surface area contributed by atoms with E-state index in [0.29, 0.717) is 6.04 Å². The molecule has 1 aromatic rings. The Bertz CT molecular complexity index is 314. The van der Waals surface area contributed by atoms with E-state index in [1.54, 1.807) is 0 Å². The van der Waals surface area contributed by atoms with Gasteiger partial charge in [-0.3, -0.25) is 0 Å². The van der Waals surface area contributed by atoms with Crippen molar-refractivity contribution in [3.05, 3.63) is 33.8 Å². The number of nitrogens with one attached hydrogen (secondary N) is 1. The lowest BCUT2D eigenvalue weighted by molar-refractivity contribution is 0.538. The predicted octanol–water partition coefficient (Wildman–Crippen LogP) is 3.57. The first-order chi connectivity index (χ1) is 6.31. The largest absolute Gasteiger partial charge is 0.226 e. The minimum atomic E-state index is 0.322. The lowest BCUT2D eigenvalue weighted by Gasteiger charge is -2.24. The molecule has 1 aromatic carbocycles.